The highest BCUT2D eigenvalue weighted by atomic mass is 16.2. The number of hydrogen-bond acceptors (Lipinski definition) is 4. The first kappa shape index (κ1) is 10.6. The van der Waals surface area contributed by atoms with Crippen molar-refractivity contribution in [1.82, 2.24) is 14.9 Å². The van der Waals surface area contributed by atoms with Crippen LogP contribution in [0.2, 0.25) is 0 Å². The zero-order chi connectivity index (χ0) is 11.7. The van der Waals surface area contributed by atoms with Crippen LogP contribution in [-0.4, -0.2) is 39.9 Å². The Bertz CT molecular complexity index is 518. The van der Waals surface area contributed by atoms with E-state index in [4.69, 9.17) is 5.73 Å². The van der Waals surface area contributed by atoms with Gasteiger partial charge in [-0.25, -0.2) is 4.79 Å². The second kappa shape index (κ2) is 3.93. The fraction of sp³-hybridized carbons (Fsp3) is 0.444. The molecule has 1 aliphatic heterocycles. The average Bonchev–Trinajstić information content (AvgIpc) is 2.64. The van der Waals surface area contributed by atoms with Crippen molar-refractivity contribution in [2.45, 2.75) is 12.5 Å². The molecule has 0 spiro atoms. The largest absolute Gasteiger partial charge is 0.337 e. The minimum Gasteiger partial charge on any atom is -0.337 e. The van der Waals surface area contributed by atoms with Gasteiger partial charge in [-0.1, -0.05) is 0 Å². The van der Waals surface area contributed by atoms with Crippen LogP contribution in [0.25, 0.3) is 0 Å². The molecule has 1 saturated heterocycles. The maximum atomic E-state index is 11.9. The maximum absolute atomic E-state index is 11.9. The van der Waals surface area contributed by atoms with Crippen molar-refractivity contribution in [1.29, 1.82) is 0 Å². The molecule has 0 aromatic carbocycles. The molecule has 2 heterocycles. The summed E-state index contributed by atoms with van der Waals surface area (Å²) in [4.78, 5) is 39.8. The summed E-state index contributed by atoms with van der Waals surface area (Å²) in [5.41, 5.74) is 4.31. The predicted octanol–water partition coefficient (Wildman–Crippen LogP) is -1.76. The number of nitrogens with zero attached hydrogens (tertiary/aromatic N) is 1. The van der Waals surface area contributed by atoms with Crippen LogP contribution in [0.15, 0.2) is 15.8 Å². The quantitative estimate of drug-likeness (QED) is 0.524. The zero-order valence-corrected chi connectivity index (χ0v) is 8.53. The van der Waals surface area contributed by atoms with Crippen LogP contribution in [0.1, 0.15) is 16.8 Å². The summed E-state index contributed by atoms with van der Waals surface area (Å²) in [5, 5.41) is 0. The number of aromatic amines is 2. The molecule has 1 fully saturated rings. The van der Waals surface area contributed by atoms with Crippen molar-refractivity contribution < 1.29 is 4.79 Å². The van der Waals surface area contributed by atoms with Crippen LogP contribution in [0.3, 0.4) is 0 Å². The maximum Gasteiger partial charge on any atom is 0.325 e. The lowest BCUT2D eigenvalue weighted by atomic mass is 10.3. The number of carbonyl (C=O) groups is 1. The van der Waals surface area contributed by atoms with Crippen LogP contribution in [0.4, 0.5) is 0 Å². The normalized spacial score (nSPS) is 20.1. The fourth-order valence-corrected chi connectivity index (χ4v) is 1.71. The molecule has 0 bridgehead atoms. The van der Waals surface area contributed by atoms with Crippen molar-refractivity contribution in [3.05, 3.63) is 32.6 Å². The number of amides is 1. The molecule has 1 amide bonds. The summed E-state index contributed by atoms with van der Waals surface area (Å²) < 4.78 is 0. The first-order chi connectivity index (χ1) is 7.58. The molecular weight excluding hydrogens is 212 g/mol. The SMILES string of the molecule is N[C@@H]1CCN(C(=O)c2c[nH]c(=O)[nH]c2=O)C1. The highest BCUT2D eigenvalue weighted by Gasteiger charge is 2.26. The molecule has 1 aromatic rings. The molecular formula is C9H12N4O3. The van der Waals surface area contributed by atoms with Crippen molar-refractivity contribution in [2.75, 3.05) is 13.1 Å². The van der Waals surface area contributed by atoms with Gasteiger partial charge in [0.05, 0.1) is 0 Å². The number of nitrogens with one attached hydrogen (secondary N) is 2. The van der Waals surface area contributed by atoms with E-state index in [1.165, 1.54) is 4.90 Å². The molecule has 2 rings (SSSR count). The van der Waals surface area contributed by atoms with E-state index < -0.39 is 17.2 Å². The standard InChI is InChI=1S/C9H12N4O3/c10-5-1-2-13(4-5)8(15)6-3-11-9(16)12-7(6)14/h3,5H,1-2,4,10H2,(H2,11,12,14,16)/t5-/m1/s1. The summed E-state index contributed by atoms with van der Waals surface area (Å²) in [5.74, 6) is -0.398. The zero-order valence-electron chi connectivity index (χ0n) is 8.53. The Morgan fingerprint density at radius 3 is 2.81 bits per heavy atom. The molecule has 1 aliphatic rings. The third-order valence-electron chi connectivity index (χ3n) is 2.56. The Morgan fingerprint density at radius 1 is 1.50 bits per heavy atom. The molecule has 1 aromatic heterocycles. The Kier molecular flexibility index (Phi) is 2.61. The van der Waals surface area contributed by atoms with E-state index in [2.05, 4.69) is 4.98 Å². The second-order valence-corrected chi connectivity index (χ2v) is 3.79. The van der Waals surface area contributed by atoms with E-state index in [0.29, 0.717) is 13.1 Å². The van der Waals surface area contributed by atoms with Gasteiger partial charge in [0.2, 0.25) is 0 Å². The second-order valence-electron chi connectivity index (χ2n) is 3.79. The lowest BCUT2D eigenvalue weighted by Crippen LogP contribution is -2.37. The summed E-state index contributed by atoms with van der Waals surface area (Å²) >= 11 is 0. The molecule has 0 unspecified atom stereocenters. The third kappa shape index (κ3) is 1.89. The summed E-state index contributed by atoms with van der Waals surface area (Å²) in [6.07, 6.45) is 1.86. The topological polar surface area (TPSA) is 112 Å². The molecule has 86 valence electrons. The number of aromatic nitrogens is 2. The summed E-state index contributed by atoms with van der Waals surface area (Å²) in [6.45, 7) is 0.982. The van der Waals surface area contributed by atoms with Gasteiger partial charge in [0.15, 0.2) is 0 Å². The lowest BCUT2D eigenvalue weighted by Gasteiger charge is -2.14. The summed E-state index contributed by atoms with van der Waals surface area (Å²) in [7, 11) is 0. The van der Waals surface area contributed by atoms with Gasteiger partial charge in [0, 0.05) is 25.3 Å². The fourth-order valence-electron chi connectivity index (χ4n) is 1.71. The van der Waals surface area contributed by atoms with E-state index in [9.17, 15) is 14.4 Å². The average molecular weight is 224 g/mol. The van der Waals surface area contributed by atoms with Gasteiger partial charge in [0.1, 0.15) is 5.56 Å². The van der Waals surface area contributed by atoms with Crippen LogP contribution in [0.5, 0.6) is 0 Å². The van der Waals surface area contributed by atoms with E-state index in [1.54, 1.807) is 0 Å². The number of H-pyrrole nitrogens is 2. The first-order valence-corrected chi connectivity index (χ1v) is 4.95. The number of nitrogens with two attached hydrogens (primary N) is 1. The van der Waals surface area contributed by atoms with Gasteiger partial charge >= 0.3 is 5.69 Å². The number of hydrogen-bond donors (Lipinski definition) is 3. The van der Waals surface area contributed by atoms with Crippen molar-refractivity contribution in [2.24, 2.45) is 5.73 Å². The van der Waals surface area contributed by atoms with Gasteiger partial charge in [-0.2, -0.15) is 0 Å². The Morgan fingerprint density at radius 2 is 2.25 bits per heavy atom. The minimum atomic E-state index is -0.672. The van der Waals surface area contributed by atoms with Crippen LogP contribution in [0, 0.1) is 0 Å². The molecule has 7 nitrogen and oxygen atoms in total. The highest BCUT2D eigenvalue weighted by molar-refractivity contribution is 5.93. The summed E-state index contributed by atoms with van der Waals surface area (Å²) in [6, 6.07) is -0.0363. The van der Waals surface area contributed by atoms with Crippen LogP contribution < -0.4 is 17.0 Å². The molecule has 16 heavy (non-hydrogen) atoms. The van der Waals surface area contributed by atoms with E-state index >= 15 is 0 Å². The van der Waals surface area contributed by atoms with Crippen molar-refractivity contribution in [3.63, 3.8) is 0 Å². The van der Waals surface area contributed by atoms with Crippen molar-refractivity contribution >= 4 is 5.91 Å². The van der Waals surface area contributed by atoms with Gasteiger partial charge in [0.25, 0.3) is 11.5 Å². The number of likely N-dealkylation sites (tertiary alicyclic amines) is 1. The molecule has 0 radical (unpaired) electrons. The predicted molar refractivity (Wildman–Crippen MR) is 56.2 cm³/mol. The third-order valence-corrected chi connectivity index (χ3v) is 2.56. The van der Waals surface area contributed by atoms with E-state index in [-0.39, 0.29) is 11.6 Å². The molecule has 1 atom stereocenters. The van der Waals surface area contributed by atoms with Crippen LogP contribution in [-0.2, 0) is 0 Å². The van der Waals surface area contributed by atoms with Crippen LogP contribution >= 0.6 is 0 Å². The minimum absolute atomic E-state index is 0.0363. The Hall–Kier alpha value is -1.89. The first-order valence-electron chi connectivity index (χ1n) is 4.95. The monoisotopic (exact) mass is 224 g/mol. The Balaban J connectivity index is 2.28. The Labute approximate surface area is 90.3 Å². The molecule has 4 N–H and O–H groups in total. The lowest BCUT2D eigenvalue weighted by molar-refractivity contribution is 0.0788. The van der Waals surface area contributed by atoms with E-state index in [0.717, 1.165) is 12.6 Å². The molecule has 0 aliphatic carbocycles. The highest BCUT2D eigenvalue weighted by Crippen LogP contribution is 2.09. The van der Waals surface area contributed by atoms with E-state index in [1.807, 2.05) is 4.98 Å². The van der Waals surface area contributed by atoms with Crippen molar-refractivity contribution in [3.8, 4) is 0 Å². The van der Waals surface area contributed by atoms with Gasteiger partial charge in [-0.15, -0.1) is 0 Å². The molecule has 0 saturated carbocycles. The molecule has 7 heteroatoms. The van der Waals surface area contributed by atoms with Gasteiger partial charge < -0.3 is 15.6 Å². The smallest absolute Gasteiger partial charge is 0.325 e. The van der Waals surface area contributed by atoms with Gasteiger partial charge in [-0.3, -0.25) is 14.6 Å². The number of carbonyl (C=O) groups excluding carboxylic acids is 1. The van der Waals surface area contributed by atoms with Gasteiger partial charge in [-0.05, 0) is 6.42 Å². The number of rotatable bonds is 1.